The van der Waals surface area contributed by atoms with Crippen LogP contribution in [0.3, 0.4) is 0 Å². The normalized spacial score (nSPS) is 24.2. The fraction of sp³-hybridized carbons (Fsp3) is 0.667. The van der Waals surface area contributed by atoms with Crippen LogP contribution in [0.5, 0.6) is 0 Å². The molecule has 0 amide bonds. The standard InChI is InChI=1S/C9H15NO3/c1-7(2)5-10-3-4-13-8(6-10)9(11)12/h8H,1,3-6H2,2H3,(H,11,12). The van der Waals surface area contributed by atoms with Crippen molar-refractivity contribution < 1.29 is 14.6 Å². The molecule has 1 heterocycles. The van der Waals surface area contributed by atoms with E-state index in [1.165, 1.54) is 0 Å². The van der Waals surface area contributed by atoms with Crippen molar-refractivity contribution in [3.8, 4) is 0 Å². The summed E-state index contributed by atoms with van der Waals surface area (Å²) in [6, 6.07) is 0. The van der Waals surface area contributed by atoms with E-state index < -0.39 is 12.1 Å². The number of hydrogen-bond acceptors (Lipinski definition) is 3. The van der Waals surface area contributed by atoms with Crippen LogP contribution in [0.15, 0.2) is 12.2 Å². The smallest absolute Gasteiger partial charge is 0.334 e. The number of aliphatic carboxylic acids is 1. The fourth-order valence-electron chi connectivity index (χ4n) is 1.38. The van der Waals surface area contributed by atoms with Crippen molar-refractivity contribution in [1.29, 1.82) is 0 Å². The van der Waals surface area contributed by atoms with Gasteiger partial charge in [0.2, 0.25) is 0 Å². The first-order valence-corrected chi connectivity index (χ1v) is 4.30. The summed E-state index contributed by atoms with van der Waals surface area (Å²) in [7, 11) is 0. The van der Waals surface area contributed by atoms with Gasteiger partial charge < -0.3 is 9.84 Å². The fourth-order valence-corrected chi connectivity index (χ4v) is 1.38. The van der Waals surface area contributed by atoms with Crippen LogP contribution in [0.25, 0.3) is 0 Å². The lowest BCUT2D eigenvalue weighted by Gasteiger charge is -2.30. The van der Waals surface area contributed by atoms with E-state index in [-0.39, 0.29) is 0 Å². The van der Waals surface area contributed by atoms with Crippen LogP contribution >= 0.6 is 0 Å². The Balaban J connectivity index is 2.41. The molecule has 1 aliphatic heterocycles. The third-order valence-electron chi connectivity index (χ3n) is 1.92. The first kappa shape index (κ1) is 10.2. The van der Waals surface area contributed by atoms with Gasteiger partial charge in [-0.3, -0.25) is 4.90 Å². The monoisotopic (exact) mass is 185 g/mol. The Morgan fingerprint density at radius 1 is 1.77 bits per heavy atom. The molecule has 1 aliphatic rings. The van der Waals surface area contributed by atoms with Gasteiger partial charge in [0, 0.05) is 19.6 Å². The maximum Gasteiger partial charge on any atom is 0.334 e. The quantitative estimate of drug-likeness (QED) is 0.644. The Morgan fingerprint density at radius 2 is 2.46 bits per heavy atom. The van der Waals surface area contributed by atoms with Crippen molar-refractivity contribution in [3.05, 3.63) is 12.2 Å². The lowest BCUT2D eigenvalue weighted by atomic mass is 10.2. The number of morpholine rings is 1. The first-order valence-electron chi connectivity index (χ1n) is 4.30. The third-order valence-corrected chi connectivity index (χ3v) is 1.92. The van der Waals surface area contributed by atoms with Gasteiger partial charge in [-0.15, -0.1) is 0 Å². The van der Waals surface area contributed by atoms with Crippen molar-refractivity contribution in [2.24, 2.45) is 0 Å². The van der Waals surface area contributed by atoms with Gasteiger partial charge in [0.1, 0.15) is 0 Å². The summed E-state index contributed by atoms with van der Waals surface area (Å²) in [5, 5.41) is 8.72. The van der Waals surface area contributed by atoms with Crippen molar-refractivity contribution in [1.82, 2.24) is 4.90 Å². The van der Waals surface area contributed by atoms with Gasteiger partial charge in [0.15, 0.2) is 6.10 Å². The van der Waals surface area contributed by atoms with Crippen molar-refractivity contribution in [3.63, 3.8) is 0 Å². The van der Waals surface area contributed by atoms with E-state index in [4.69, 9.17) is 9.84 Å². The number of carboxylic acids is 1. The highest BCUT2D eigenvalue weighted by Crippen LogP contribution is 2.06. The molecule has 0 aromatic rings. The average molecular weight is 185 g/mol. The van der Waals surface area contributed by atoms with Crippen LogP contribution in [0.4, 0.5) is 0 Å². The molecule has 1 unspecified atom stereocenters. The molecule has 1 N–H and O–H groups in total. The largest absolute Gasteiger partial charge is 0.479 e. The highest BCUT2D eigenvalue weighted by molar-refractivity contribution is 5.72. The second kappa shape index (κ2) is 4.39. The molecule has 1 rings (SSSR count). The van der Waals surface area contributed by atoms with E-state index in [1.54, 1.807) is 0 Å². The molecule has 0 bridgehead atoms. The molecule has 0 radical (unpaired) electrons. The number of ether oxygens (including phenoxy) is 1. The second-order valence-electron chi connectivity index (χ2n) is 3.39. The van der Waals surface area contributed by atoms with Crippen molar-refractivity contribution >= 4 is 5.97 Å². The molecule has 1 fully saturated rings. The summed E-state index contributed by atoms with van der Waals surface area (Å²) in [5.41, 5.74) is 1.05. The maximum atomic E-state index is 10.6. The highest BCUT2D eigenvalue weighted by Gasteiger charge is 2.25. The minimum absolute atomic E-state index is 0.461. The zero-order valence-electron chi connectivity index (χ0n) is 7.82. The van der Waals surface area contributed by atoms with E-state index in [9.17, 15) is 4.79 Å². The number of carbonyl (C=O) groups is 1. The molecule has 13 heavy (non-hydrogen) atoms. The molecule has 1 saturated heterocycles. The zero-order chi connectivity index (χ0) is 9.84. The number of nitrogens with zero attached hydrogens (tertiary/aromatic N) is 1. The molecule has 74 valence electrons. The lowest BCUT2D eigenvalue weighted by Crippen LogP contribution is -2.46. The highest BCUT2D eigenvalue weighted by atomic mass is 16.5. The van der Waals surface area contributed by atoms with Gasteiger partial charge >= 0.3 is 5.97 Å². The Morgan fingerprint density at radius 3 is 3.00 bits per heavy atom. The van der Waals surface area contributed by atoms with Crippen LogP contribution < -0.4 is 0 Å². The molecular formula is C9H15NO3. The van der Waals surface area contributed by atoms with Gasteiger partial charge in [0.25, 0.3) is 0 Å². The third kappa shape index (κ3) is 3.16. The van der Waals surface area contributed by atoms with E-state index in [0.717, 1.165) is 18.7 Å². The molecular weight excluding hydrogens is 170 g/mol. The molecule has 0 aromatic heterocycles. The van der Waals surface area contributed by atoms with Gasteiger partial charge in [0.05, 0.1) is 6.61 Å². The summed E-state index contributed by atoms with van der Waals surface area (Å²) >= 11 is 0. The van der Waals surface area contributed by atoms with Crippen molar-refractivity contribution in [2.75, 3.05) is 26.2 Å². The summed E-state index contributed by atoms with van der Waals surface area (Å²) in [6.45, 7) is 8.22. The molecule has 0 spiro atoms. The summed E-state index contributed by atoms with van der Waals surface area (Å²) < 4.78 is 5.08. The Kier molecular flexibility index (Phi) is 3.45. The summed E-state index contributed by atoms with van der Waals surface area (Å²) in [6.07, 6.45) is -0.673. The zero-order valence-corrected chi connectivity index (χ0v) is 7.82. The van der Waals surface area contributed by atoms with Crippen LogP contribution in [-0.4, -0.2) is 48.3 Å². The summed E-state index contributed by atoms with van der Waals surface area (Å²) in [4.78, 5) is 12.7. The number of rotatable bonds is 3. The minimum Gasteiger partial charge on any atom is -0.479 e. The molecule has 0 aromatic carbocycles. The van der Waals surface area contributed by atoms with Gasteiger partial charge in [-0.2, -0.15) is 0 Å². The maximum absolute atomic E-state index is 10.6. The lowest BCUT2D eigenvalue weighted by molar-refractivity contribution is -0.155. The number of carboxylic acid groups (broad SMARTS) is 1. The first-order chi connectivity index (χ1) is 6.09. The Hall–Kier alpha value is -0.870. The molecule has 0 saturated carbocycles. The number of hydrogen-bond donors (Lipinski definition) is 1. The Bertz CT molecular complexity index is 215. The molecule has 0 aliphatic carbocycles. The van der Waals surface area contributed by atoms with Crippen LogP contribution in [0, 0.1) is 0 Å². The molecule has 4 nitrogen and oxygen atoms in total. The van der Waals surface area contributed by atoms with Gasteiger partial charge in [-0.25, -0.2) is 4.79 Å². The van der Waals surface area contributed by atoms with E-state index in [2.05, 4.69) is 6.58 Å². The second-order valence-corrected chi connectivity index (χ2v) is 3.39. The van der Waals surface area contributed by atoms with Crippen LogP contribution in [0.2, 0.25) is 0 Å². The Labute approximate surface area is 77.8 Å². The average Bonchev–Trinajstić information content (AvgIpc) is 2.03. The van der Waals surface area contributed by atoms with E-state index in [0.29, 0.717) is 13.2 Å². The predicted molar refractivity (Wildman–Crippen MR) is 48.6 cm³/mol. The molecule has 1 atom stereocenters. The summed E-state index contributed by atoms with van der Waals surface area (Å²) in [5.74, 6) is -0.883. The van der Waals surface area contributed by atoms with E-state index in [1.807, 2.05) is 11.8 Å². The van der Waals surface area contributed by atoms with Gasteiger partial charge in [-0.05, 0) is 6.92 Å². The SMILES string of the molecule is C=C(C)CN1CCOC(C(=O)O)C1. The van der Waals surface area contributed by atoms with Crippen LogP contribution in [-0.2, 0) is 9.53 Å². The predicted octanol–water partition coefficient (Wildman–Crippen LogP) is 0.348. The van der Waals surface area contributed by atoms with Crippen LogP contribution in [0.1, 0.15) is 6.92 Å². The van der Waals surface area contributed by atoms with Gasteiger partial charge in [-0.1, -0.05) is 12.2 Å². The molecule has 4 heteroatoms. The topological polar surface area (TPSA) is 49.8 Å². The van der Waals surface area contributed by atoms with Crippen molar-refractivity contribution in [2.45, 2.75) is 13.0 Å². The minimum atomic E-state index is -0.883. The van der Waals surface area contributed by atoms with E-state index >= 15 is 0 Å².